The van der Waals surface area contributed by atoms with Gasteiger partial charge in [0.25, 0.3) is 10.0 Å². The Bertz CT molecular complexity index is 976. The minimum absolute atomic E-state index is 0.423. The number of nitrogens with one attached hydrogen (secondary N) is 1. The van der Waals surface area contributed by atoms with Gasteiger partial charge in [-0.25, -0.2) is 13.4 Å². The third-order valence-corrected chi connectivity index (χ3v) is 4.33. The van der Waals surface area contributed by atoms with Crippen LogP contribution < -0.4 is 4.72 Å². The van der Waals surface area contributed by atoms with Crippen molar-refractivity contribution >= 4 is 44.5 Å². The number of aryl methyl sites for hydroxylation is 1. The first-order valence-corrected chi connectivity index (χ1v) is 8.67. The monoisotopic (exact) mass is 348 g/mol. The maximum Gasteiger partial charge on any atom is 0.255 e. The molecule has 7 heteroatoms. The number of benzene rings is 2. The number of rotatable bonds is 4. The number of hydrogen-bond donors (Lipinski definition) is 1. The zero-order valence-corrected chi connectivity index (χ0v) is 13.7. The lowest BCUT2D eigenvalue weighted by Crippen LogP contribution is -2.08. The molecule has 0 bridgehead atoms. The molecule has 23 heavy (non-hydrogen) atoms. The van der Waals surface area contributed by atoms with E-state index in [9.17, 15) is 8.42 Å². The highest BCUT2D eigenvalue weighted by Crippen LogP contribution is 2.21. The van der Waals surface area contributed by atoms with E-state index in [1.54, 1.807) is 49.4 Å². The smallest absolute Gasteiger partial charge is 0.255 e. The summed E-state index contributed by atoms with van der Waals surface area (Å²) in [6.45, 7) is 1.73. The van der Waals surface area contributed by atoms with Crippen LogP contribution in [0.5, 0.6) is 0 Å². The number of aromatic nitrogens is 1. The Kier molecular flexibility index (Phi) is 4.11. The Hall–Kier alpha value is -2.31. The molecule has 5 nitrogen and oxygen atoms in total. The predicted molar refractivity (Wildman–Crippen MR) is 91.8 cm³/mol. The van der Waals surface area contributed by atoms with E-state index in [0.717, 1.165) is 11.0 Å². The second-order valence-corrected chi connectivity index (χ2v) is 6.92. The van der Waals surface area contributed by atoms with Gasteiger partial charge in [-0.1, -0.05) is 23.7 Å². The Morgan fingerprint density at radius 3 is 2.65 bits per heavy atom. The number of sulfonamides is 1. The molecule has 0 atom stereocenters. The molecule has 1 N–H and O–H groups in total. The molecule has 1 aromatic heterocycles. The first-order chi connectivity index (χ1) is 10.9. The van der Waals surface area contributed by atoms with Gasteiger partial charge in [-0.05, 0) is 42.0 Å². The third-order valence-electron chi connectivity index (χ3n) is 3.06. The van der Waals surface area contributed by atoms with Crippen molar-refractivity contribution in [2.75, 3.05) is 4.72 Å². The van der Waals surface area contributed by atoms with Gasteiger partial charge in [-0.3, -0.25) is 4.72 Å². The molecule has 1 heterocycles. The Morgan fingerprint density at radius 2 is 1.91 bits per heavy atom. The van der Waals surface area contributed by atoms with Crippen LogP contribution in [-0.4, -0.2) is 13.4 Å². The zero-order chi connectivity index (χ0) is 16.4. The summed E-state index contributed by atoms with van der Waals surface area (Å²) in [6.07, 6.45) is 1.50. The summed E-state index contributed by atoms with van der Waals surface area (Å²) >= 11 is 5.79. The summed E-state index contributed by atoms with van der Waals surface area (Å²) in [6, 6.07) is 11.8. The molecule has 118 valence electrons. The fraction of sp³-hybridized carbons (Fsp3) is 0.0625. The average Bonchev–Trinajstić information content (AvgIpc) is 2.86. The van der Waals surface area contributed by atoms with E-state index in [4.69, 9.17) is 16.0 Å². The number of oxazole rings is 1. The number of fused-ring (bicyclic) bond motifs is 1. The van der Waals surface area contributed by atoms with Gasteiger partial charge in [0.15, 0.2) is 11.5 Å². The fourth-order valence-electron chi connectivity index (χ4n) is 2.05. The minimum Gasteiger partial charge on any atom is -0.441 e. The van der Waals surface area contributed by atoms with Gasteiger partial charge >= 0.3 is 0 Å². The lowest BCUT2D eigenvalue weighted by Gasteiger charge is -2.03. The molecule has 0 aliphatic rings. The van der Waals surface area contributed by atoms with E-state index in [1.807, 2.05) is 0 Å². The van der Waals surface area contributed by atoms with Gasteiger partial charge in [-0.15, -0.1) is 0 Å². The van der Waals surface area contributed by atoms with Crippen molar-refractivity contribution in [2.24, 2.45) is 0 Å². The van der Waals surface area contributed by atoms with Crippen molar-refractivity contribution in [1.29, 1.82) is 0 Å². The van der Waals surface area contributed by atoms with Crippen LogP contribution in [0.25, 0.3) is 17.2 Å². The maximum absolute atomic E-state index is 12.1. The van der Waals surface area contributed by atoms with E-state index in [2.05, 4.69) is 9.71 Å². The molecule has 0 amide bonds. The van der Waals surface area contributed by atoms with Crippen molar-refractivity contribution in [3.8, 4) is 0 Å². The van der Waals surface area contributed by atoms with Crippen LogP contribution in [0.15, 0.2) is 52.3 Å². The first kappa shape index (κ1) is 15.6. The topological polar surface area (TPSA) is 72.2 Å². The van der Waals surface area contributed by atoms with Crippen LogP contribution in [0.3, 0.4) is 0 Å². The Balaban J connectivity index is 1.80. The van der Waals surface area contributed by atoms with Crippen LogP contribution in [0.1, 0.15) is 11.5 Å². The number of nitrogens with zero attached hydrogens (tertiary/aromatic N) is 1. The fourth-order valence-corrected chi connectivity index (χ4v) is 3.03. The van der Waals surface area contributed by atoms with Crippen molar-refractivity contribution in [2.45, 2.75) is 6.92 Å². The summed E-state index contributed by atoms with van der Waals surface area (Å²) < 4.78 is 32.1. The standard InChI is InChI=1S/C16H13ClN2O3S/c1-11-18-15-10-14(6-7-16(15)22-11)19-23(20,21)9-8-12-2-4-13(17)5-3-12/h2-10,19H,1H3/b9-8+. The second-order valence-electron chi connectivity index (χ2n) is 4.92. The highest BCUT2D eigenvalue weighted by Gasteiger charge is 2.08. The summed E-state index contributed by atoms with van der Waals surface area (Å²) in [5.74, 6) is 0.530. The quantitative estimate of drug-likeness (QED) is 0.766. The molecule has 0 aliphatic heterocycles. The molecule has 3 aromatic rings. The van der Waals surface area contributed by atoms with Crippen molar-refractivity contribution < 1.29 is 12.8 Å². The molecule has 0 radical (unpaired) electrons. The molecule has 0 saturated carbocycles. The molecule has 0 spiro atoms. The highest BCUT2D eigenvalue weighted by atomic mass is 35.5. The largest absolute Gasteiger partial charge is 0.441 e. The zero-order valence-electron chi connectivity index (χ0n) is 12.2. The van der Waals surface area contributed by atoms with Gasteiger partial charge < -0.3 is 4.42 Å². The van der Waals surface area contributed by atoms with E-state index in [-0.39, 0.29) is 0 Å². The molecule has 0 unspecified atom stereocenters. The molecule has 0 fully saturated rings. The molecular formula is C16H13ClN2O3S. The second kappa shape index (κ2) is 6.06. The summed E-state index contributed by atoms with van der Waals surface area (Å²) in [7, 11) is -3.63. The van der Waals surface area contributed by atoms with Crippen LogP contribution in [0.4, 0.5) is 5.69 Å². The van der Waals surface area contributed by atoms with Gasteiger partial charge in [0.1, 0.15) is 5.52 Å². The highest BCUT2D eigenvalue weighted by molar-refractivity contribution is 7.95. The van der Waals surface area contributed by atoms with Crippen molar-refractivity contribution in [3.63, 3.8) is 0 Å². The van der Waals surface area contributed by atoms with Gasteiger partial charge in [0.05, 0.1) is 11.1 Å². The summed E-state index contributed by atoms with van der Waals surface area (Å²) in [5.41, 5.74) is 2.38. The predicted octanol–water partition coefficient (Wildman–Crippen LogP) is 4.20. The molecule has 0 saturated heterocycles. The number of hydrogen-bond acceptors (Lipinski definition) is 4. The lowest BCUT2D eigenvalue weighted by atomic mass is 10.2. The Morgan fingerprint density at radius 1 is 1.17 bits per heavy atom. The van der Waals surface area contributed by atoms with E-state index in [0.29, 0.717) is 27.7 Å². The lowest BCUT2D eigenvalue weighted by molar-refractivity contribution is 0.561. The van der Waals surface area contributed by atoms with Crippen molar-refractivity contribution in [3.05, 3.63) is 64.3 Å². The van der Waals surface area contributed by atoms with E-state index >= 15 is 0 Å². The summed E-state index contributed by atoms with van der Waals surface area (Å²) in [5, 5.41) is 1.70. The normalized spacial score (nSPS) is 12.1. The Labute approximate surface area is 138 Å². The van der Waals surface area contributed by atoms with Crippen LogP contribution in [0.2, 0.25) is 5.02 Å². The van der Waals surface area contributed by atoms with Gasteiger partial charge in [0.2, 0.25) is 0 Å². The summed E-state index contributed by atoms with van der Waals surface area (Å²) in [4.78, 5) is 4.17. The molecule has 0 aliphatic carbocycles. The maximum atomic E-state index is 12.1. The number of anilines is 1. The third kappa shape index (κ3) is 3.91. The van der Waals surface area contributed by atoms with Gasteiger partial charge in [-0.2, -0.15) is 0 Å². The van der Waals surface area contributed by atoms with Crippen molar-refractivity contribution in [1.82, 2.24) is 4.98 Å². The molecule has 2 aromatic carbocycles. The van der Waals surface area contributed by atoms with E-state index in [1.165, 1.54) is 6.08 Å². The molecule has 3 rings (SSSR count). The SMILES string of the molecule is Cc1nc2cc(NS(=O)(=O)/C=C/c3ccc(Cl)cc3)ccc2o1. The average molecular weight is 349 g/mol. The minimum atomic E-state index is -3.63. The van der Waals surface area contributed by atoms with Crippen LogP contribution in [-0.2, 0) is 10.0 Å². The van der Waals surface area contributed by atoms with Crippen LogP contribution in [0, 0.1) is 6.92 Å². The van der Waals surface area contributed by atoms with E-state index < -0.39 is 10.0 Å². The van der Waals surface area contributed by atoms with Crippen LogP contribution >= 0.6 is 11.6 Å². The molecular weight excluding hydrogens is 336 g/mol. The van der Waals surface area contributed by atoms with Gasteiger partial charge in [0, 0.05) is 11.9 Å². The first-order valence-electron chi connectivity index (χ1n) is 6.75. The number of halogens is 1.